The van der Waals surface area contributed by atoms with E-state index in [1.54, 1.807) is 6.92 Å². The third kappa shape index (κ3) is 5.21. The summed E-state index contributed by atoms with van der Waals surface area (Å²) in [6, 6.07) is 1.89. The minimum absolute atomic E-state index is 0.0236. The largest absolute Gasteiger partial charge is 0.396 e. The summed E-state index contributed by atoms with van der Waals surface area (Å²) in [5.74, 6) is -0.843. The zero-order valence-electron chi connectivity index (χ0n) is 8.08. The van der Waals surface area contributed by atoms with Gasteiger partial charge in [-0.25, -0.2) is 0 Å². The summed E-state index contributed by atoms with van der Waals surface area (Å²) >= 11 is 0. The van der Waals surface area contributed by atoms with E-state index in [4.69, 9.17) is 10.4 Å². The zero-order valence-corrected chi connectivity index (χ0v) is 8.08. The van der Waals surface area contributed by atoms with Crippen LogP contribution in [0.25, 0.3) is 0 Å². The van der Waals surface area contributed by atoms with Gasteiger partial charge in [0.25, 0.3) is 0 Å². The van der Waals surface area contributed by atoms with Crippen molar-refractivity contribution in [2.24, 2.45) is 5.92 Å². The Hall–Kier alpha value is -1.08. The molecule has 13 heavy (non-hydrogen) atoms. The molecule has 4 heteroatoms. The molecule has 4 nitrogen and oxygen atoms in total. The maximum atomic E-state index is 11.2. The number of carbonyl (C=O) groups excluding carboxylic acids is 1. The number of nitrogens with one attached hydrogen (secondary N) is 1. The van der Waals surface area contributed by atoms with E-state index in [2.05, 4.69) is 5.32 Å². The molecular weight excluding hydrogens is 168 g/mol. The highest BCUT2D eigenvalue weighted by Gasteiger charge is 2.13. The van der Waals surface area contributed by atoms with Gasteiger partial charge in [0.1, 0.15) is 5.92 Å². The first-order valence-corrected chi connectivity index (χ1v) is 4.42. The SMILES string of the molecule is CC(CCCO)NC(=O)C(C)C#N. The molecule has 74 valence electrons. The molecule has 0 aromatic heterocycles. The van der Waals surface area contributed by atoms with Crippen molar-refractivity contribution in [2.45, 2.75) is 32.7 Å². The van der Waals surface area contributed by atoms with Crippen LogP contribution in [0, 0.1) is 17.2 Å². The molecule has 0 fully saturated rings. The van der Waals surface area contributed by atoms with E-state index in [-0.39, 0.29) is 18.6 Å². The molecule has 0 aliphatic heterocycles. The highest BCUT2D eigenvalue weighted by molar-refractivity contribution is 5.80. The Morgan fingerprint density at radius 1 is 1.62 bits per heavy atom. The molecule has 0 spiro atoms. The lowest BCUT2D eigenvalue weighted by Crippen LogP contribution is -2.35. The lowest BCUT2D eigenvalue weighted by molar-refractivity contribution is -0.123. The van der Waals surface area contributed by atoms with Crippen LogP contribution in [0.2, 0.25) is 0 Å². The molecule has 0 saturated carbocycles. The second kappa shape index (κ2) is 6.44. The minimum atomic E-state index is -0.600. The number of nitriles is 1. The fourth-order valence-electron chi connectivity index (χ4n) is 0.896. The maximum Gasteiger partial charge on any atom is 0.237 e. The number of amides is 1. The van der Waals surface area contributed by atoms with Gasteiger partial charge in [-0.2, -0.15) is 5.26 Å². The lowest BCUT2D eigenvalue weighted by atomic mass is 10.1. The van der Waals surface area contributed by atoms with Crippen LogP contribution in [-0.2, 0) is 4.79 Å². The summed E-state index contributed by atoms with van der Waals surface area (Å²) in [5.41, 5.74) is 0. The standard InChI is InChI=1S/C9H16N2O2/c1-7(6-10)9(13)11-8(2)4-3-5-12/h7-8,12H,3-5H2,1-2H3,(H,11,13). The van der Waals surface area contributed by atoms with Crippen molar-refractivity contribution < 1.29 is 9.90 Å². The normalized spacial score (nSPS) is 14.3. The molecule has 2 N–H and O–H groups in total. The highest BCUT2D eigenvalue weighted by atomic mass is 16.2. The van der Waals surface area contributed by atoms with Crippen LogP contribution in [0.15, 0.2) is 0 Å². The first-order chi connectivity index (χ1) is 6.11. The Kier molecular flexibility index (Phi) is 5.90. The number of hydrogen-bond acceptors (Lipinski definition) is 3. The van der Waals surface area contributed by atoms with Gasteiger partial charge in [-0.05, 0) is 26.7 Å². The Labute approximate surface area is 78.6 Å². The smallest absolute Gasteiger partial charge is 0.237 e. The van der Waals surface area contributed by atoms with E-state index < -0.39 is 5.92 Å². The Balaban J connectivity index is 3.72. The minimum Gasteiger partial charge on any atom is -0.396 e. The summed E-state index contributed by atoms with van der Waals surface area (Å²) in [6.07, 6.45) is 1.41. The van der Waals surface area contributed by atoms with E-state index in [0.29, 0.717) is 6.42 Å². The quantitative estimate of drug-likeness (QED) is 0.650. The van der Waals surface area contributed by atoms with E-state index in [0.717, 1.165) is 6.42 Å². The molecule has 2 unspecified atom stereocenters. The molecule has 0 bridgehead atoms. The van der Waals surface area contributed by atoms with Gasteiger partial charge in [0, 0.05) is 12.6 Å². The van der Waals surface area contributed by atoms with Crippen molar-refractivity contribution in [1.82, 2.24) is 5.32 Å². The summed E-state index contributed by atoms with van der Waals surface area (Å²) < 4.78 is 0. The van der Waals surface area contributed by atoms with Crippen LogP contribution in [0.1, 0.15) is 26.7 Å². The molecule has 0 radical (unpaired) electrons. The molecule has 0 heterocycles. The van der Waals surface area contributed by atoms with E-state index in [1.165, 1.54) is 0 Å². The summed E-state index contributed by atoms with van der Waals surface area (Å²) in [6.45, 7) is 3.56. The van der Waals surface area contributed by atoms with E-state index in [9.17, 15) is 4.79 Å². The Morgan fingerprint density at radius 3 is 2.69 bits per heavy atom. The Morgan fingerprint density at radius 2 is 2.23 bits per heavy atom. The van der Waals surface area contributed by atoms with Crippen molar-refractivity contribution in [3.8, 4) is 6.07 Å². The molecule has 0 aromatic rings. The average Bonchev–Trinajstić information content (AvgIpc) is 2.13. The Bertz CT molecular complexity index is 198. The van der Waals surface area contributed by atoms with Crippen LogP contribution in [0.5, 0.6) is 0 Å². The molecule has 0 saturated heterocycles. The number of hydrogen-bond donors (Lipinski definition) is 2. The molecule has 0 rings (SSSR count). The first kappa shape index (κ1) is 11.9. The fourth-order valence-corrected chi connectivity index (χ4v) is 0.896. The summed E-state index contributed by atoms with van der Waals surface area (Å²) in [5, 5.41) is 19.7. The van der Waals surface area contributed by atoms with Gasteiger partial charge >= 0.3 is 0 Å². The third-order valence-electron chi connectivity index (χ3n) is 1.77. The highest BCUT2D eigenvalue weighted by Crippen LogP contribution is 1.98. The summed E-state index contributed by atoms with van der Waals surface area (Å²) in [4.78, 5) is 11.2. The molecule has 0 aliphatic carbocycles. The van der Waals surface area contributed by atoms with Crippen molar-refractivity contribution in [3.63, 3.8) is 0 Å². The molecule has 2 atom stereocenters. The van der Waals surface area contributed by atoms with E-state index >= 15 is 0 Å². The predicted octanol–water partition coefficient (Wildman–Crippen LogP) is 0.423. The zero-order chi connectivity index (χ0) is 10.3. The van der Waals surface area contributed by atoms with Gasteiger partial charge in [-0.1, -0.05) is 0 Å². The average molecular weight is 184 g/mol. The predicted molar refractivity (Wildman–Crippen MR) is 48.7 cm³/mol. The molecule has 0 aliphatic rings. The first-order valence-electron chi connectivity index (χ1n) is 4.42. The number of carbonyl (C=O) groups is 1. The van der Waals surface area contributed by atoms with E-state index in [1.807, 2.05) is 13.0 Å². The summed E-state index contributed by atoms with van der Waals surface area (Å²) in [7, 11) is 0. The van der Waals surface area contributed by atoms with Crippen LogP contribution < -0.4 is 5.32 Å². The molecule has 0 aromatic carbocycles. The van der Waals surface area contributed by atoms with Crippen LogP contribution in [-0.4, -0.2) is 23.7 Å². The number of aliphatic hydroxyl groups is 1. The monoisotopic (exact) mass is 184 g/mol. The molecular formula is C9H16N2O2. The number of rotatable bonds is 5. The van der Waals surface area contributed by atoms with Crippen molar-refractivity contribution >= 4 is 5.91 Å². The number of aliphatic hydroxyl groups excluding tert-OH is 1. The van der Waals surface area contributed by atoms with Gasteiger partial charge in [-0.3, -0.25) is 4.79 Å². The second-order valence-electron chi connectivity index (χ2n) is 3.13. The van der Waals surface area contributed by atoms with Gasteiger partial charge in [0.05, 0.1) is 6.07 Å². The lowest BCUT2D eigenvalue weighted by Gasteiger charge is -2.13. The van der Waals surface area contributed by atoms with Crippen molar-refractivity contribution in [2.75, 3.05) is 6.61 Å². The van der Waals surface area contributed by atoms with Gasteiger partial charge in [0.15, 0.2) is 0 Å². The van der Waals surface area contributed by atoms with Crippen LogP contribution in [0.4, 0.5) is 0 Å². The van der Waals surface area contributed by atoms with Gasteiger partial charge < -0.3 is 10.4 Å². The van der Waals surface area contributed by atoms with Crippen molar-refractivity contribution in [3.05, 3.63) is 0 Å². The van der Waals surface area contributed by atoms with Crippen molar-refractivity contribution in [1.29, 1.82) is 5.26 Å². The van der Waals surface area contributed by atoms with Gasteiger partial charge in [0.2, 0.25) is 5.91 Å². The number of nitrogens with zero attached hydrogens (tertiary/aromatic N) is 1. The van der Waals surface area contributed by atoms with Crippen LogP contribution >= 0.6 is 0 Å². The van der Waals surface area contributed by atoms with Crippen LogP contribution in [0.3, 0.4) is 0 Å². The topological polar surface area (TPSA) is 73.1 Å². The molecule has 1 amide bonds. The fraction of sp³-hybridized carbons (Fsp3) is 0.778. The third-order valence-corrected chi connectivity index (χ3v) is 1.77. The maximum absolute atomic E-state index is 11.2. The second-order valence-corrected chi connectivity index (χ2v) is 3.13. The van der Waals surface area contributed by atoms with Gasteiger partial charge in [-0.15, -0.1) is 0 Å².